The van der Waals surface area contributed by atoms with Gasteiger partial charge in [0.25, 0.3) is 5.91 Å². The molecule has 3 N–H and O–H groups in total. The number of para-hydroxylation sites is 2. The van der Waals surface area contributed by atoms with E-state index in [-0.39, 0.29) is 18.8 Å². The summed E-state index contributed by atoms with van der Waals surface area (Å²) < 4.78 is 67.7. The normalized spacial score (nSPS) is 27.6. The quantitative estimate of drug-likeness (QED) is 0.324. The number of benzene rings is 2. The van der Waals surface area contributed by atoms with E-state index in [1.54, 1.807) is 39.8 Å². The molecule has 1 saturated heterocycles. The van der Waals surface area contributed by atoms with Crippen molar-refractivity contribution in [3.05, 3.63) is 60.2 Å². The lowest BCUT2D eigenvalue weighted by atomic mass is 9.85. The molecule has 0 radical (unpaired) electrons. The fraction of sp³-hybridized carbons (Fsp3) is 0.487. The number of carbonyl (C=O) groups excluding carboxylic acids is 4. The van der Waals surface area contributed by atoms with Crippen LogP contribution >= 0.6 is 0 Å². The van der Waals surface area contributed by atoms with Gasteiger partial charge in [0.15, 0.2) is 0 Å². The van der Waals surface area contributed by atoms with Crippen molar-refractivity contribution < 1.29 is 45.9 Å². The number of amides is 4. The monoisotopic (exact) mass is 794 g/mol. The first-order valence-electron chi connectivity index (χ1n) is 18.6. The van der Waals surface area contributed by atoms with Crippen LogP contribution in [0.2, 0.25) is 0 Å². The van der Waals surface area contributed by atoms with Crippen molar-refractivity contribution in [2.75, 3.05) is 6.54 Å². The molecule has 4 bridgehead atoms. The highest BCUT2D eigenvalue weighted by atomic mass is 32.2. The Morgan fingerprint density at radius 2 is 1.75 bits per heavy atom. The number of nitrogens with one attached hydrogen (secondary N) is 3. The molecule has 4 amide bonds. The smallest absolute Gasteiger partial charge is 0.408 e. The van der Waals surface area contributed by atoms with E-state index in [1.807, 2.05) is 53.3 Å². The Morgan fingerprint density at radius 1 is 1.04 bits per heavy atom. The number of rotatable bonds is 6. The summed E-state index contributed by atoms with van der Waals surface area (Å²) in [6.07, 6.45) is -1.37. The zero-order valence-electron chi connectivity index (χ0n) is 31.3. The van der Waals surface area contributed by atoms with Crippen molar-refractivity contribution in [1.82, 2.24) is 30.2 Å². The van der Waals surface area contributed by atoms with E-state index in [0.29, 0.717) is 41.6 Å². The summed E-state index contributed by atoms with van der Waals surface area (Å²) in [4.78, 5) is 66.4. The van der Waals surface area contributed by atoms with Crippen LogP contribution in [-0.2, 0) is 29.1 Å². The molecule has 14 nitrogen and oxygen atoms in total. The van der Waals surface area contributed by atoms with Crippen molar-refractivity contribution in [1.29, 1.82) is 0 Å². The lowest BCUT2D eigenvalue weighted by molar-refractivity contribution is -0.143. The molecule has 3 fully saturated rings. The average molecular weight is 795 g/mol. The third-order valence-electron chi connectivity index (χ3n) is 10.6. The van der Waals surface area contributed by atoms with Gasteiger partial charge in [-0.2, -0.15) is 0 Å². The van der Waals surface area contributed by atoms with Crippen molar-refractivity contribution in [2.45, 2.75) is 101 Å². The van der Waals surface area contributed by atoms with Gasteiger partial charge in [0.1, 0.15) is 35.5 Å². The minimum absolute atomic E-state index is 0.119. The SMILES string of the molecule is C[C@H]1C/C=C/c2cccc(c2)-c2nc3ccccc3nc2O[C@@H]2C[C@@H](C(=O)N[C@@]3(C(=O)NS(=O)(=O)C4CC4)C[C@H]3C(F)F)N(C2)C(=O)[C@H](C(C)(C)C)NC(=O)O1. The summed E-state index contributed by atoms with van der Waals surface area (Å²) in [5, 5.41) is 4.27. The number of halogens is 2. The second kappa shape index (κ2) is 14.7. The first kappa shape index (κ1) is 39.1. The van der Waals surface area contributed by atoms with Crippen molar-refractivity contribution in [3.63, 3.8) is 0 Å². The number of carbonyl (C=O) groups is 4. The van der Waals surface area contributed by atoms with Crippen LogP contribution in [-0.4, -0.2) is 95.2 Å². The summed E-state index contributed by atoms with van der Waals surface area (Å²) in [6.45, 7) is 6.65. The van der Waals surface area contributed by atoms with E-state index in [2.05, 4.69) is 10.6 Å². The van der Waals surface area contributed by atoms with E-state index in [0.717, 1.165) is 5.56 Å². The van der Waals surface area contributed by atoms with Crippen LogP contribution in [0, 0.1) is 11.3 Å². The number of alkyl halides is 2. The molecular formula is C39H44F2N6O8S. The molecule has 6 atom stereocenters. The molecule has 2 aliphatic heterocycles. The van der Waals surface area contributed by atoms with Gasteiger partial charge in [-0.05, 0) is 55.4 Å². The van der Waals surface area contributed by atoms with Crippen LogP contribution in [0.3, 0.4) is 0 Å². The predicted octanol–water partition coefficient (Wildman–Crippen LogP) is 4.34. The highest BCUT2D eigenvalue weighted by Gasteiger charge is 2.67. The lowest BCUT2D eigenvalue weighted by Crippen LogP contribution is -2.60. The van der Waals surface area contributed by atoms with E-state index in [1.165, 1.54) is 4.90 Å². The molecule has 298 valence electrons. The highest BCUT2D eigenvalue weighted by Crippen LogP contribution is 2.48. The number of ether oxygens (including phenoxy) is 2. The van der Waals surface area contributed by atoms with Gasteiger partial charge in [-0.3, -0.25) is 19.1 Å². The summed E-state index contributed by atoms with van der Waals surface area (Å²) in [7, 11) is -4.14. The molecule has 1 aromatic heterocycles. The van der Waals surface area contributed by atoms with Gasteiger partial charge >= 0.3 is 6.09 Å². The van der Waals surface area contributed by atoms with Crippen LogP contribution in [0.4, 0.5) is 13.6 Å². The van der Waals surface area contributed by atoms with Crippen LogP contribution in [0.15, 0.2) is 54.6 Å². The Morgan fingerprint density at radius 3 is 2.41 bits per heavy atom. The highest BCUT2D eigenvalue weighted by molar-refractivity contribution is 7.91. The maximum absolute atomic E-state index is 14.6. The molecule has 3 aromatic rings. The topological polar surface area (TPSA) is 186 Å². The van der Waals surface area contributed by atoms with Gasteiger partial charge in [0.2, 0.25) is 34.1 Å². The Hall–Kier alpha value is -5.19. The van der Waals surface area contributed by atoms with Gasteiger partial charge in [-0.25, -0.2) is 32.0 Å². The van der Waals surface area contributed by atoms with E-state index in [4.69, 9.17) is 19.4 Å². The molecule has 0 spiro atoms. The third-order valence-corrected chi connectivity index (χ3v) is 12.4. The predicted molar refractivity (Wildman–Crippen MR) is 201 cm³/mol. The van der Waals surface area contributed by atoms with E-state index < -0.39 is 93.1 Å². The molecule has 4 aliphatic rings. The lowest BCUT2D eigenvalue weighted by Gasteiger charge is -2.35. The molecule has 2 aliphatic carbocycles. The van der Waals surface area contributed by atoms with E-state index in [9.17, 15) is 36.4 Å². The summed E-state index contributed by atoms with van der Waals surface area (Å²) in [6, 6.07) is 12.0. The van der Waals surface area contributed by atoms with E-state index >= 15 is 0 Å². The minimum Gasteiger partial charge on any atom is -0.471 e. The minimum atomic E-state index is -4.14. The zero-order chi connectivity index (χ0) is 40.2. The van der Waals surface area contributed by atoms with Gasteiger partial charge in [-0.1, -0.05) is 63.3 Å². The van der Waals surface area contributed by atoms with Gasteiger partial charge in [0.05, 0.1) is 28.7 Å². The molecule has 2 aromatic carbocycles. The standard InChI is InChI=1S/C39H44F2N6O8S/c1-21-9-7-10-22-11-8-12-23(17-22)30-34(43-28-14-6-5-13-27(28)42-30)55-24-18-29(47(20-24)35(49)31(38(2,3)4)44-37(51)54-21)33(48)45-39(19-26(39)32(40)41)36(50)46-56(52,53)25-15-16-25/h5-8,10-14,17,21,24-26,29,31-32H,9,15-16,18-20H2,1-4H3,(H,44,51)(H,45,48)(H,46,50)/b10-7+/t21-,24+,26-,29-,31+,39-/m0/s1. The van der Waals surface area contributed by atoms with Gasteiger partial charge in [-0.15, -0.1) is 0 Å². The molecule has 56 heavy (non-hydrogen) atoms. The first-order valence-corrected chi connectivity index (χ1v) is 20.1. The molecular weight excluding hydrogens is 751 g/mol. The second-order valence-electron chi connectivity index (χ2n) is 16.1. The van der Waals surface area contributed by atoms with Crippen molar-refractivity contribution in [2.24, 2.45) is 11.3 Å². The fourth-order valence-corrected chi connectivity index (χ4v) is 8.57. The summed E-state index contributed by atoms with van der Waals surface area (Å²) >= 11 is 0. The Bertz CT molecular complexity index is 2210. The van der Waals surface area contributed by atoms with Crippen LogP contribution in [0.25, 0.3) is 28.4 Å². The molecule has 7 rings (SSSR count). The number of alkyl carbamates (subject to hydrolysis) is 1. The summed E-state index contributed by atoms with van der Waals surface area (Å²) in [5.74, 6) is -4.47. The molecule has 3 heterocycles. The van der Waals surface area contributed by atoms with Crippen LogP contribution in [0.5, 0.6) is 5.88 Å². The largest absolute Gasteiger partial charge is 0.471 e. The number of cyclic esters (lactones) is 1. The van der Waals surface area contributed by atoms with Crippen molar-refractivity contribution >= 4 is 50.9 Å². The number of aromatic nitrogens is 2. The molecule has 0 unspecified atom stereocenters. The third kappa shape index (κ3) is 8.04. The average Bonchev–Trinajstić information content (AvgIpc) is 4.06. The number of hydrogen-bond acceptors (Lipinski definition) is 10. The number of hydrogen-bond donors (Lipinski definition) is 3. The maximum atomic E-state index is 14.6. The van der Waals surface area contributed by atoms with Crippen LogP contribution < -0.4 is 20.1 Å². The Balaban J connectivity index is 1.28. The summed E-state index contributed by atoms with van der Waals surface area (Å²) in [5.41, 5.74) is -0.145. The second-order valence-corrected chi connectivity index (χ2v) is 18.0. The Labute approximate surface area is 322 Å². The fourth-order valence-electron chi connectivity index (χ4n) is 7.21. The number of sulfonamides is 1. The zero-order valence-corrected chi connectivity index (χ0v) is 32.1. The number of fused-ring (bicyclic) bond motifs is 7. The van der Waals surface area contributed by atoms with Gasteiger partial charge < -0.3 is 25.0 Å². The maximum Gasteiger partial charge on any atom is 0.408 e. The Kier molecular flexibility index (Phi) is 10.3. The molecule has 2 saturated carbocycles. The molecule has 17 heteroatoms. The van der Waals surface area contributed by atoms with Crippen molar-refractivity contribution in [3.8, 4) is 17.1 Å². The first-order chi connectivity index (χ1) is 26.4. The van der Waals surface area contributed by atoms with Gasteiger partial charge in [0, 0.05) is 18.4 Å². The number of nitrogens with zero attached hydrogens (tertiary/aromatic N) is 3. The van der Waals surface area contributed by atoms with Crippen LogP contribution in [0.1, 0.15) is 65.4 Å².